The van der Waals surface area contributed by atoms with Crippen molar-refractivity contribution in [2.75, 3.05) is 5.73 Å². The fraction of sp³-hybridized carbons (Fsp3) is 0.300. The molecule has 0 saturated carbocycles. The van der Waals surface area contributed by atoms with Crippen molar-refractivity contribution in [1.82, 2.24) is 0 Å². The summed E-state index contributed by atoms with van der Waals surface area (Å²) < 4.78 is 0. The second-order valence-electron chi connectivity index (χ2n) is 3.84. The third-order valence-corrected chi connectivity index (χ3v) is 2.67. The Morgan fingerprint density at radius 1 is 1.36 bits per heavy atom. The predicted octanol–water partition coefficient (Wildman–Crippen LogP) is 0.149. The summed E-state index contributed by atoms with van der Waals surface area (Å²) in [6.07, 6.45) is 0.751. The van der Waals surface area contributed by atoms with Crippen LogP contribution in [0.5, 0.6) is 0 Å². The fourth-order valence-corrected chi connectivity index (χ4v) is 1.88. The highest BCUT2D eigenvalue weighted by Crippen LogP contribution is 2.29. The SMILES string of the molecule is Nc1ccc2c(c1)C[C@@](N)(C(=O)O)C2. The van der Waals surface area contributed by atoms with E-state index in [0.717, 1.165) is 11.1 Å². The molecule has 0 amide bonds. The number of fused-ring (bicyclic) bond motifs is 1. The fourth-order valence-electron chi connectivity index (χ4n) is 1.88. The molecule has 0 saturated heterocycles. The largest absolute Gasteiger partial charge is 0.480 e. The molecule has 1 aliphatic carbocycles. The van der Waals surface area contributed by atoms with Crippen molar-refractivity contribution in [3.05, 3.63) is 29.3 Å². The van der Waals surface area contributed by atoms with Gasteiger partial charge in [-0.25, -0.2) is 0 Å². The molecule has 0 aromatic heterocycles. The van der Waals surface area contributed by atoms with Gasteiger partial charge in [-0.05, 0) is 23.3 Å². The van der Waals surface area contributed by atoms with Gasteiger partial charge in [0, 0.05) is 18.5 Å². The summed E-state index contributed by atoms with van der Waals surface area (Å²) in [5.41, 5.74) is 12.8. The van der Waals surface area contributed by atoms with Gasteiger partial charge in [0.05, 0.1) is 0 Å². The average Bonchev–Trinajstić information content (AvgIpc) is 2.42. The number of anilines is 1. The molecule has 4 nitrogen and oxygen atoms in total. The minimum absolute atomic E-state index is 0.364. The number of carboxylic acid groups (broad SMARTS) is 1. The summed E-state index contributed by atoms with van der Waals surface area (Å²) in [5, 5.41) is 8.96. The summed E-state index contributed by atoms with van der Waals surface area (Å²) in [4.78, 5) is 10.9. The number of aliphatic carboxylic acids is 1. The van der Waals surface area contributed by atoms with Crippen LogP contribution in [0.3, 0.4) is 0 Å². The number of nitrogen functional groups attached to an aromatic ring is 1. The first-order chi connectivity index (χ1) is 6.51. The van der Waals surface area contributed by atoms with Crippen LogP contribution < -0.4 is 11.5 Å². The van der Waals surface area contributed by atoms with E-state index in [0.29, 0.717) is 18.5 Å². The minimum Gasteiger partial charge on any atom is -0.480 e. The molecule has 0 unspecified atom stereocenters. The van der Waals surface area contributed by atoms with Gasteiger partial charge in [-0.15, -0.1) is 0 Å². The standard InChI is InChI=1S/C10H12N2O2/c11-8-2-1-6-4-10(12,9(13)14)5-7(6)3-8/h1-3H,4-5,11-12H2,(H,13,14)/t10-/m1/s1. The number of nitrogens with two attached hydrogens (primary N) is 2. The number of carbonyl (C=O) groups is 1. The molecule has 0 spiro atoms. The van der Waals surface area contributed by atoms with Gasteiger partial charge in [-0.3, -0.25) is 4.79 Å². The van der Waals surface area contributed by atoms with E-state index >= 15 is 0 Å². The first kappa shape index (κ1) is 9.02. The van der Waals surface area contributed by atoms with Crippen molar-refractivity contribution >= 4 is 11.7 Å². The van der Waals surface area contributed by atoms with E-state index in [9.17, 15) is 4.79 Å². The highest BCUT2D eigenvalue weighted by Gasteiger charge is 2.40. The van der Waals surface area contributed by atoms with Crippen LogP contribution in [-0.2, 0) is 17.6 Å². The summed E-state index contributed by atoms with van der Waals surface area (Å²) in [5.74, 6) is -0.952. The van der Waals surface area contributed by atoms with Crippen LogP contribution in [0.4, 0.5) is 5.69 Å². The minimum atomic E-state index is -1.14. The molecular formula is C10H12N2O2. The summed E-state index contributed by atoms with van der Waals surface area (Å²) >= 11 is 0. The van der Waals surface area contributed by atoms with Crippen molar-refractivity contribution < 1.29 is 9.90 Å². The number of benzene rings is 1. The van der Waals surface area contributed by atoms with Crippen LogP contribution in [0.15, 0.2) is 18.2 Å². The maximum Gasteiger partial charge on any atom is 0.324 e. The number of hydrogen-bond donors (Lipinski definition) is 3. The van der Waals surface area contributed by atoms with E-state index in [-0.39, 0.29) is 0 Å². The van der Waals surface area contributed by atoms with E-state index in [4.69, 9.17) is 16.6 Å². The van der Waals surface area contributed by atoms with Crippen molar-refractivity contribution in [1.29, 1.82) is 0 Å². The lowest BCUT2D eigenvalue weighted by Crippen LogP contribution is -2.48. The quantitative estimate of drug-likeness (QED) is 0.552. The molecule has 1 aromatic rings. The van der Waals surface area contributed by atoms with Crippen LogP contribution in [0.2, 0.25) is 0 Å². The smallest absolute Gasteiger partial charge is 0.324 e. The Kier molecular flexibility index (Phi) is 1.75. The molecule has 0 bridgehead atoms. The van der Waals surface area contributed by atoms with Crippen molar-refractivity contribution in [2.24, 2.45) is 5.73 Å². The number of hydrogen-bond acceptors (Lipinski definition) is 3. The molecule has 4 heteroatoms. The monoisotopic (exact) mass is 192 g/mol. The molecule has 0 heterocycles. The van der Waals surface area contributed by atoms with Gasteiger partial charge in [0.15, 0.2) is 0 Å². The number of carboxylic acids is 1. The Morgan fingerprint density at radius 3 is 2.64 bits per heavy atom. The van der Waals surface area contributed by atoms with Gasteiger partial charge in [0.2, 0.25) is 0 Å². The van der Waals surface area contributed by atoms with E-state index in [1.54, 1.807) is 12.1 Å². The Bertz CT molecular complexity index is 403. The average molecular weight is 192 g/mol. The molecule has 0 radical (unpaired) electrons. The van der Waals surface area contributed by atoms with Crippen LogP contribution >= 0.6 is 0 Å². The summed E-state index contributed by atoms with van der Waals surface area (Å²) in [6, 6.07) is 5.42. The van der Waals surface area contributed by atoms with Crippen LogP contribution in [0.25, 0.3) is 0 Å². The Balaban J connectivity index is 2.39. The van der Waals surface area contributed by atoms with E-state index < -0.39 is 11.5 Å². The van der Waals surface area contributed by atoms with E-state index in [1.807, 2.05) is 6.07 Å². The Hall–Kier alpha value is -1.55. The van der Waals surface area contributed by atoms with Gasteiger partial charge in [0.1, 0.15) is 5.54 Å². The van der Waals surface area contributed by atoms with E-state index in [2.05, 4.69) is 0 Å². The zero-order valence-corrected chi connectivity index (χ0v) is 7.66. The van der Waals surface area contributed by atoms with Crippen LogP contribution in [0.1, 0.15) is 11.1 Å². The van der Waals surface area contributed by atoms with Gasteiger partial charge < -0.3 is 16.6 Å². The maximum atomic E-state index is 10.9. The lowest BCUT2D eigenvalue weighted by atomic mass is 9.98. The molecule has 1 atom stereocenters. The first-order valence-electron chi connectivity index (χ1n) is 4.41. The molecule has 0 fully saturated rings. The van der Waals surface area contributed by atoms with Crippen LogP contribution in [0, 0.1) is 0 Å². The van der Waals surface area contributed by atoms with Crippen LogP contribution in [-0.4, -0.2) is 16.6 Å². The molecule has 0 aliphatic heterocycles. The number of rotatable bonds is 1. The van der Waals surface area contributed by atoms with Gasteiger partial charge >= 0.3 is 5.97 Å². The molecule has 14 heavy (non-hydrogen) atoms. The summed E-state index contributed by atoms with van der Waals surface area (Å²) in [7, 11) is 0. The second kappa shape index (κ2) is 2.72. The van der Waals surface area contributed by atoms with Crippen molar-refractivity contribution in [2.45, 2.75) is 18.4 Å². The van der Waals surface area contributed by atoms with Crippen molar-refractivity contribution in [3.63, 3.8) is 0 Å². The second-order valence-corrected chi connectivity index (χ2v) is 3.84. The normalized spacial score (nSPS) is 24.6. The van der Waals surface area contributed by atoms with Gasteiger partial charge in [0.25, 0.3) is 0 Å². The Labute approximate surface area is 81.5 Å². The molecule has 2 rings (SSSR count). The topological polar surface area (TPSA) is 89.3 Å². The third-order valence-electron chi connectivity index (χ3n) is 2.67. The lowest BCUT2D eigenvalue weighted by Gasteiger charge is -2.16. The summed E-state index contributed by atoms with van der Waals surface area (Å²) in [6.45, 7) is 0. The van der Waals surface area contributed by atoms with Crippen molar-refractivity contribution in [3.8, 4) is 0 Å². The molecule has 1 aromatic carbocycles. The lowest BCUT2D eigenvalue weighted by molar-refractivity contribution is -0.142. The zero-order chi connectivity index (χ0) is 10.3. The van der Waals surface area contributed by atoms with Gasteiger partial charge in [-0.1, -0.05) is 6.07 Å². The highest BCUT2D eigenvalue weighted by molar-refractivity contribution is 5.81. The zero-order valence-electron chi connectivity index (χ0n) is 7.66. The predicted molar refractivity (Wildman–Crippen MR) is 52.8 cm³/mol. The molecule has 1 aliphatic rings. The molecular weight excluding hydrogens is 180 g/mol. The highest BCUT2D eigenvalue weighted by atomic mass is 16.4. The maximum absolute atomic E-state index is 10.9. The van der Waals surface area contributed by atoms with Gasteiger partial charge in [-0.2, -0.15) is 0 Å². The first-order valence-corrected chi connectivity index (χ1v) is 4.41. The third kappa shape index (κ3) is 1.24. The van der Waals surface area contributed by atoms with E-state index in [1.165, 1.54) is 0 Å². The molecule has 74 valence electrons. The Morgan fingerprint density at radius 2 is 2.00 bits per heavy atom. The molecule has 5 N–H and O–H groups in total.